The molecule has 1 aliphatic heterocycles. The fourth-order valence-electron chi connectivity index (χ4n) is 3.89. The Kier molecular flexibility index (Phi) is 4.56. The van der Waals surface area contributed by atoms with Gasteiger partial charge in [-0.1, -0.05) is 39.0 Å². The fraction of sp³-hybridized carbons (Fsp3) is 0.571. The highest BCUT2D eigenvalue weighted by molar-refractivity contribution is 6.03. The van der Waals surface area contributed by atoms with E-state index in [9.17, 15) is 4.79 Å². The zero-order valence-electron chi connectivity index (χ0n) is 15.5. The molecule has 0 spiro atoms. The summed E-state index contributed by atoms with van der Waals surface area (Å²) in [5.74, 6) is 0.340. The molecule has 2 heterocycles. The van der Waals surface area contributed by atoms with Crippen LogP contribution >= 0.6 is 0 Å². The number of piperidine rings is 1. The highest BCUT2D eigenvalue weighted by Gasteiger charge is 2.41. The number of fused-ring (bicyclic) bond motifs is 1. The summed E-state index contributed by atoms with van der Waals surface area (Å²) in [5, 5.41) is 4.58. The lowest BCUT2D eigenvalue weighted by molar-refractivity contribution is 0.0668. The third kappa shape index (κ3) is 3.27. The summed E-state index contributed by atoms with van der Waals surface area (Å²) in [6.07, 6.45) is 3.97. The van der Waals surface area contributed by atoms with Gasteiger partial charge in [0.15, 0.2) is 5.78 Å². The Morgan fingerprint density at radius 3 is 2.50 bits per heavy atom. The molecule has 0 amide bonds. The molecule has 1 N–H and O–H groups in total. The molecule has 1 aliphatic rings. The third-order valence-electron chi connectivity index (χ3n) is 5.58. The Bertz CT molecular complexity index is 730. The first-order valence-electron chi connectivity index (χ1n) is 9.12. The summed E-state index contributed by atoms with van der Waals surface area (Å²) in [7, 11) is 2.02. The Morgan fingerprint density at radius 1 is 1.21 bits per heavy atom. The number of nitrogens with zero attached hydrogens (tertiary/aromatic N) is 1. The minimum Gasteiger partial charge on any atom is -0.341 e. The molecule has 3 rings (SSSR count). The first-order valence-corrected chi connectivity index (χ1v) is 9.12. The van der Waals surface area contributed by atoms with Gasteiger partial charge in [0, 0.05) is 23.4 Å². The monoisotopic (exact) mass is 326 g/mol. The van der Waals surface area contributed by atoms with Gasteiger partial charge in [0.1, 0.15) is 0 Å². The van der Waals surface area contributed by atoms with Gasteiger partial charge in [0.2, 0.25) is 0 Å². The van der Waals surface area contributed by atoms with Crippen molar-refractivity contribution < 1.29 is 4.79 Å². The Hall–Kier alpha value is -1.61. The lowest BCUT2D eigenvalue weighted by atomic mass is 9.68. The Balaban J connectivity index is 1.97. The largest absolute Gasteiger partial charge is 0.341 e. The molecule has 3 nitrogen and oxygen atoms in total. The predicted molar refractivity (Wildman–Crippen MR) is 100 cm³/mol. The molecule has 1 aromatic carbocycles. The number of ketones is 1. The van der Waals surface area contributed by atoms with Crippen molar-refractivity contribution >= 4 is 16.7 Å². The highest BCUT2D eigenvalue weighted by atomic mass is 16.1. The van der Waals surface area contributed by atoms with Gasteiger partial charge in [-0.05, 0) is 56.3 Å². The topological polar surface area (TPSA) is 34.0 Å². The lowest BCUT2D eigenvalue weighted by Gasteiger charge is -2.38. The summed E-state index contributed by atoms with van der Waals surface area (Å²) in [5.41, 5.74) is 2.06. The average molecular weight is 326 g/mol. The standard InChI is InChI=1S/C21H30N2O/c1-20(2,3)9-10-21(11-13-22-14-12-21)19(24)18-15-16-7-5-6-8-17(16)23(18)4/h5-8,15,22H,9-14H2,1-4H3. The molecular formula is C21H30N2O. The van der Waals surface area contributed by atoms with Crippen LogP contribution in [0.3, 0.4) is 0 Å². The molecule has 24 heavy (non-hydrogen) atoms. The van der Waals surface area contributed by atoms with Gasteiger partial charge >= 0.3 is 0 Å². The second-order valence-corrected chi connectivity index (χ2v) is 8.57. The first-order chi connectivity index (χ1) is 11.3. The van der Waals surface area contributed by atoms with E-state index in [1.165, 1.54) is 0 Å². The molecule has 0 aliphatic carbocycles. The molecule has 0 atom stereocenters. The quantitative estimate of drug-likeness (QED) is 0.836. The summed E-state index contributed by atoms with van der Waals surface area (Å²) in [6, 6.07) is 10.3. The van der Waals surface area contributed by atoms with E-state index in [0.717, 1.165) is 55.4 Å². The number of hydrogen-bond donors (Lipinski definition) is 1. The van der Waals surface area contributed by atoms with Crippen LogP contribution in [-0.2, 0) is 7.05 Å². The third-order valence-corrected chi connectivity index (χ3v) is 5.58. The smallest absolute Gasteiger partial charge is 0.185 e. The van der Waals surface area contributed by atoms with Crippen molar-refractivity contribution in [3.8, 4) is 0 Å². The molecular weight excluding hydrogens is 296 g/mol. The number of carbonyl (C=O) groups is 1. The fourth-order valence-corrected chi connectivity index (χ4v) is 3.89. The molecule has 1 fully saturated rings. The van der Waals surface area contributed by atoms with E-state index in [0.29, 0.717) is 5.78 Å². The average Bonchev–Trinajstić information content (AvgIpc) is 2.90. The summed E-state index contributed by atoms with van der Waals surface area (Å²) >= 11 is 0. The number of Topliss-reactive ketones (excluding diaryl/α,β-unsaturated/α-hetero) is 1. The van der Waals surface area contributed by atoms with Gasteiger partial charge in [-0.2, -0.15) is 0 Å². The molecule has 3 heteroatoms. The van der Waals surface area contributed by atoms with Crippen LogP contribution in [0.4, 0.5) is 0 Å². The van der Waals surface area contributed by atoms with E-state index in [1.54, 1.807) is 0 Å². The first kappa shape index (κ1) is 17.2. The van der Waals surface area contributed by atoms with E-state index in [4.69, 9.17) is 0 Å². The van der Waals surface area contributed by atoms with Crippen LogP contribution in [-0.4, -0.2) is 23.4 Å². The van der Waals surface area contributed by atoms with Crippen molar-refractivity contribution in [2.75, 3.05) is 13.1 Å². The number of para-hydroxylation sites is 1. The van der Waals surface area contributed by atoms with Crippen molar-refractivity contribution in [1.82, 2.24) is 9.88 Å². The maximum atomic E-state index is 13.6. The molecule has 0 saturated carbocycles. The number of nitrogens with one attached hydrogen (secondary N) is 1. The Morgan fingerprint density at radius 2 is 1.88 bits per heavy atom. The minimum absolute atomic E-state index is 0.208. The predicted octanol–water partition coefficient (Wildman–Crippen LogP) is 4.56. The second kappa shape index (κ2) is 6.36. The van der Waals surface area contributed by atoms with E-state index >= 15 is 0 Å². The zero-order chi connectivity index (χ0) is 17.4. The summed E-state index contributed by atoms with van der Waals surface area (Å²) < 4.78 is 2.08. The molecule has 2 aromatic rings. The zero-order valence-corrected chi connectivity index (χ0v) is 15.5. The molecule has 0 bridgehead atoms. The van der Waals surface area contributed by atoms with Crippen LogP contribution < -0.4 is 5.32 Å². The van der Waals surface area contributed by atoms with Gasteiger partial charge in [-0.25, -0.2) is 0 Å². The van der Waals surface area contributed by atoms with E-state index in [1.807, 2.05) is 19.2 Å². The van der Waals surface area contributed by atoms with Crippen molar-refractivity contribution in [3.05, 3.63) is 36.0 Å². The van der Waals surface area contributed by atoms with E-state index in [2.05, 4.69) is 48.9 Å². The van der Waals surface area contributed by atoms with Crippen molar-refractivity contribution in [2.24, 2.45) is 17.9 Å². The van der Waals surface area contributed by atoms with Gasteiger partial charge in [0.25, 0.3) is 0 Å². The van der Waals surface area contributed by atoms with Crippen LogP contribution in [0.2, 0.25) is 0 Å². The second-order valence-electron chi connectivity index (χ2n) is 8.57. The molecule has 0 radical (unpaired) electrons. The minimum atomic E-state index is -0.208. The lowest BCUT2D eigenvalue weighted by Crippen LogP contribution is -2.43. The van der Waals surface area contributed by atoms with Gasteiger partial charge in [-0.3, -0.25) is 4.79 Å². The van der Waals surface area contributed by atoms with Crippen molar-refractivity contribution in [2.45, 2.75) is 46.5 Å². The van der Waals surface area contributed by atoms with Crippen LogP contribution in [0.1, 0.15) is 56.9 Å². The highest BCUT2D eigenvalue weighted by Crippen LogP contribution is 2.41. The van der Waals surface area contributed by atoms with Crippen LogP contribution in [0.15, 0.2) is 30.3 Å². The van der Waals surface area contributed by atoms with E-state index in [-0.39, 0.29) is 10.8 Å². The molecule has 130 valence electrons. The van der Waals surface area contributed by atoms with Gasteiger partial charge in [0.05, 0.1) is 5.69 Å². The van der Waals surface area contributed by atoms with Crippen LogP contribution in [0.5, 0.6) is 0 Å². The number of hydrogen-bond acceptors (Lipinski definition) is 2. The maximum absolute atomic E-state index is 13.6. The van der Waals surface area contributed by atoms with Crippen LogP contribution in [0, 0.1) is 10.8 Å². The van der Waals surface area contributed by atoms with E-state index < -0.39 is 0 Å². The number of aryl methyl sites for hydroxylation is 1. The number of aromatic nitrogens is 1. The molecule has 1 aromatic heterocycles. The summed E-state index contributed by atoms with van der Waals surface area (Å²) in [6.45, 7) is 8.69. The van der Waals surface area contributed by atoms with Gasteiger partial charge < -0.3 is 9.88 Å². The van der Waals surface area contributed by atoms with Crippen LogP contribution in [0.25, 0.3) is 10.9 Å². The maximum Gasteiger partial charge on any atom is 0.185 e. The van der Waals surface area contributed by atoms with Crippen molar-refractivity contribution in [3.63, 3.8) is 0 Å². The Labute approximate surface area is 145 Å². The summed E-state index contributed by atoms with van der Waals surface area (Å²) in [4.78, 5) is 13.6. The van der Waals surface area contributed by atoms with Gasteiger partial charge in [-0.15, -0.1) is 0 Å². The SMILES string of the molecule is Cn1c(C(=O)C2(CCC(C)(C)C)CCNCC2)cc2ccccc21. The number of rotatable bonds is 4. The normalized spacial score (nSPS) is 18.0. The number of carbonyl (C=O) groups excluding carboxylic acids is 1. The molecule has 1 saturated heterocycles. The molecule has 0 unspecified atom stereocenters. The van der Waals surface area contributed by atoms with Crippen molar-refractivity contribution in [1.29, 1.82) is 0 Å². The number of benzene rings is 1.